The summed E-state index contributed by atoms with van der Waals surface area (Å²) in [5.74, 6) is 0. The second kappa shape index (κ2) is 15.7. The molecule has 0 aromatic rings. The zero-order chi connectivity index (χ0) is 4.12. The van der Waals surface area contributed by atoms with Gasteiger partial charge in [-0.3, -0.25) is 0 Å². The first kappa shape index (κ1) is 16.1. The molecule has 0 rings (SSSR count). The van der Waals surface area contributed by atoms with Gasteiger partial charge >= 0.3 is 0 Å². The standard InChI is InChI=1S/C4H10O.Pr.Zr/c1-2-3-4-5;;/h5H,2-4H2,1H3;;. The Morgan fingerprint density at radius 3 is 1.86 bits per heavy atom. The molecule has 39 valence electrons. The molecule has 3 heteroatoms. The second-order valence-electron chi connectivity index (χ2n) is 1.08. The van der Waals surface area contributed by atoms with Crippen LogP contribution in [0.2, 0.25) is 0 Å². The summed E-state index contributed by atoms with van der Waals surface area (Å²) < 4.78 is 0. The molecular formula is C4H10OPrZr. The van der Waals surface area contributed by atoms with Crippen LogP contribution in [0, 0.1) is 41.3 Å². The number of unbranched alkanes of at least 4 members (excludes halogenated alkanes) is 1. The topological polar surface area (TPSA) is 20.2 Å². The molecule has 0 spiro atoms. The molecule has 1 N–H and O–H groups in total. The van der Waals surface area contributed by atoms with Crippen LogP contribution in [0.3, 0.4) is 0 Å². The predicted octanol–water partition coefficient (Wildman–Crippen LogP) is 0.776. The Morgan fingerprint density at radius 2 is 1.86 bits per heavy atom. The molecule has 0 aromatic carbocycles. The molecule has 0 unspecified atom stereocenters. The zero-order valence-corrected chi connectivity index (χ0v) is 10.8. The van der Waals surface area contributed by atoms with Crippen molar-refractivity contribution < 1.29 is 72.6 Å². The maximum Gasteiger partial charge on any atom is 0.0430 e. The summed E-state index contributed by atoms with van der Waals surface area (Å²) in [6.45, 7) is 2.40. The van der Waals surface area contributed by atoms with Crippen molar-refractivity contribution in [1.82, 2.24) is 0 Å². The molecule has 0 bridgehead atoms. The third-order valence-electron chi connectivity index (χ3n) is 0.512. The largest absolute Gasteiger partial charge is 0.396 e. The van der Waals surface area contributed by atoms with Crippen LogP contribution in [0.15, 0.2) is 0 Å². The molecule has 0 aliphatic rings. The van der Waals surface area contributed by atoms with E-state index in [-0.39, 0.29) is 67.5 Å². The Hall–Kier alpha value is 2.21. The fourth-order valence-corrected chi connectivity index (χ4v) is 0.158. The summed E-state index contributed by atoms with van der Waals surface area (Å²) in [5, 5.41) is 8.07. The van der Waals surface area contributed by atoms with Crippen molar-refractivity contribution in [2.75, 3.05) is 6.61 Å². The fourth-order valence-electron chi connectivity index (χ4n) is 0.158. The van der Waals surface area contributed by atoms with Gasteiger partial charge < -0.3 is 5.11 Å². The Labute approximate surface area is 97.3 Å². The molecule has 0 heterocycles. The minimum atomic E-state index is 0. The molecule has 0 fully saturated rings. The van der Waals surface area contributed by atoms with E-state index in [0.29, 0.717) is 6.61 Å². The first-order chi connectivity index (χ1) is 2.41. The monoisotopic (exact) mass is 305 g/mol. The minimum Gasteiger partial charge on any atom is -0.396 e. The summed E-state index contributed by atoms with van der Waals surface area (Å²) >= 11 is 0. The molecule has 0 aromatic heterocycles. The molecule has 1 radical (unpaired) electrons. The van der Waals surface area contributed by atoms with Gasteiger partial charge in [0.05, 0.1) is 0 Å². The molecule has 0 aliphatic heterocycles. The van der Waals surface area contributed by atoms with Gasteiger partial charge in [0.2, 0.25) is 0 Å². The zero-order valence-electron chi connectivity index (χ0n) is 4.65. The maximum atomic E-state index is 8.07. The van der Waals surface area contributed by atoms with E-state index in [1.807, 2.05) is 0 Å². The molecule has 0 saturated heterocycles. The van der Waals surface area contributed by atoms with Crippen LogP contribution in [0.4, 0.5) is 0 Å². The van der Waals surface area contributed by atoms with Gasteiger partial charge in [-0.25, -0.2) is 0 Å². The maximum absolute atomic E-state index is 8.07. The van der Waals surface area contributed by atoms with E-state index in [2.05, 4.69) is 6.92 Å². The summed E-state index contributed by atoms with van der Waals surface area (Å²) in [7, 11) is 0. The van der Waals surface area contributed by atoms with Gasteiger partial charge in [-0.1, -0.05) is 13.3 Å². The van der Waals surface area contributed by atoms with E-state index in [1.165, 1.54) is 0 Å². The van der Waals surface area contributed by atoms with Crippen molar-refractivity contribution in [2.24, 2.45) is 0 Å². The average molecular weight is 306 g/mol. The van der Waals surface area contributed by atoms with Gasteiger partial charge in [0, 0.05) is 74.1 Å². The molecule has 0 saturated carbocycles. The van der Waals surface area contributed by atoms with Crippen LogP contribution in [0.5, 0.6) is 0 Å². The Balaban J connectivity index is -0.0000000800. The van der Waals surface area contributed by atoms with Crippen molar-refractivity contribution in [2.45, 2.75) is 19.8 Å². The van der Waals surface area contributed by atoms with Crippen LogP contribution in [-0.4, -0.2) is 11.7 Å². The van der Waals surface area contributed by atoms with Gasteiger partial charge in [0.15, 0.2) is 0 Å². The molecule has 7 heavy (non-hydrogen) atoms. The average Bonchev–Trinajstić information content (AvgIpc) is 1.41. The Morgan fingerprint density at radius 1 is 1.43 bits per heavy atom. The van der Waals surface area contributed by atoms with Gasteiger partial charge in [-0.15, -0.1) is 0 Å². The molecule has 1 nitrogen and oxygen atoms in total. The smallest absolute Gasteiger partial charge is 0.0430 e. The predicted molar refractivity (Wildman–Crippen MR) is 22.0 cm³/mol. The van der Waals surface area contributed by atoms with Crippen LogP contribution in [0.1, 0.15) is 19.8 Å². The molecule has 0 atom stereocenters. The quantitative estimate of drug-likeness (QED) is 0.799. The van der Waals surface area contributed by atoms with E-state index in [4.69, 9.17) is 5.11 Å². The van der Waals surface area contributed by atoms with E-state index < -0.39 is 0 Å². The third kappa shape index (κ3) is 17.9. The van der Waals surface area contributed by atoms with Crippen LogP contribution < -0.4 is 0 Å². The van der Waals surface area contributed by atoms with Crippen molar-refractivity contribution in [3.05, 3.63) is 0 Å². The summed E-state index contributed by atoms with van der Waals surface area (Å²) in [5.41, 5.74) is 0. The minimum absolute atomic E-state index is 0. The number of aliphatic hydroxyl groups excluding tert-OH is 1. The van der Waals surface area contributed by atoms with E-state index in [9.17, 15) is 0 Å². The van der Waals surface area contributed by atoms with Crippen LogP contribution >= 0.6 is 0 Å². The van der Waals surface area contributed by atoms with Crippen molar-refractivity contribution in [3.63, 3.8) is 0 Å². The molecular weight excluding hydrogens is 296 g/mol. The summed E-state index contributed by atoms with van der Waals surface area (Å²) in [6, 6.07) is 0. The van der Waals surface area contributed by atoms with Crippen molar-refractivity contribution in [1.29, 1.82) is 0 Å². The van der Waals surface area contributed by atoms with Crippen molar-refractivity contribution in [3.8, 4) is 0 Å². The van der Waals surface area contributed by atoms with E-state index in [1.54, 1.807) is 0 Å². The summed E-state index contributed by atoms with van der Waals surface area (Å²) in [4.78, 5) is 0. The van der Waals surface area contributed by atoms with Crippen LogP contribution in [-0.2, 0) is 26.2 Å². The van der Waals surface area contributed by atoms with E-state index in [0.717, 1.165) is 12.8 Å². The second-order valence-corrected chi connectivity index (χ2v) is 1.08. The van der Waals surface area contributed by atoms with Gasteiger partial charge in [-0.05, 0) is 6.42 Å². The summed E-state index contributed by atoms with van der Waals surface area (Å²) in [6.07, 6.45) is 2.04. The molecule has 0 aliphatic carbocycles. The van der Waals surface area contributed by atoms with E-state index >= 15 is 0 Å². The number of hydrogen-bond acceptors (Lipinski definition) is 1. The van der Waals surface area contributed by atoms with Gasteiger partial charge in [0.25, 0.3) is 0 Å². The number of hydrogen-bond donors (Lipinski definition) is 1. The van der Waals surface area contributed by atoms with Gasteiger partial charge in [0.1, 0.15) is 0 Å². The van der Waals surface area contributed by atoms with Crippen LogP contribution in [0.25, 0.3) is 0 Å². The van der Waals surface area contributed by atoms with Crippen molar-refractivity contribution >= 4 is 0 Å². The number of rotatable bonds is 2. The SMILES string of the molecule is CCCCO.[Pr].[Zr]. The van der Waals surface area contributed by atoms with Gasteiger partial charge in [-0.2, -0.15) is 0 Å². The number of aliphatic hydroxyl groups is 1. The fraction of sp³-hybridized carbons (Fsp3) is 1.00. The first-order valence-corrected chi connectivity index (χ1v) is 2.02. The first-order valence-electron chi connectivity index (χ1n) is 2.02. The normalized spacial score (nSPS) is 6.00. The molecule has 0 amide bonds. The Bertz CT molecular complexity index is 19.2. The Kier molecular flexibility index (Phi) is 36.2. The third-order valence-corrected chi connectivity index (χ3v) is 0.512.